The Kier molecular flexibility index (Phi) is 3.55. The van der Waals surface area contributed by atoms with Gasteiger partial charge in [0.2, 0.25) is 0 Å². The maximum absolute atomic E-state index is 10.9. The Balaban J connectivity index is 2.34. The fraction of sp³-hybridized carbons (Fsp3) is 0.500. The zero-order valence-corrected chi connectivity index (χ0v) is 10.8. The molecule has 0 aliphatic heterocycles. The Morgan fingerprint density at radius 2 is 2.17 bits per heavy atom. The summed E-state index contributed by atoms with van der Waals surface area (Å²) >= 11 is 0. The monoisotopic (exact) mass is 248 g/mol. The minimum atomic E-state index is 0.420. The molecule has 6 nitrogen and oxygen atoms in total. The number of hydrogen-bond acceptors (Lipinski definition) is 5. The lowest BCUT2D eigenvalue weighted by molar-refractivity contribution is 0.111. The molecule has 2 heterocycles. The number of aldehydes is 1. The van der Waals surface area contributed by atoms with Crippen LogP contribution in [0.5, 0.6) is 0 Å². The van der Waals surface area contributed by atoms with Gasteiger partial charge in [0.15, 0.2) is 6.29 Å². The van der Waals surface area contributed by atoms with Gasteiger partial charge in [-0.25, -0.2) is 4.68 Å². The summed E-state index contributed by atoms with van der Waals surface area (Å²) in [5.41, 5.74) is 3.13. The van der Waals surface area contributed by atoms with Gasteiger partial charge in [-0.1, -0.05) is 23.7 Å². The highest BCUT2D eigenvalue weighted by atomic mass is 16.5. The highest BCUT2D eigenvalue weighted by Gasteiger charge is 2.15. The van der Waals surface area contributed by atoms with Crippen molar-refractivity contribution in [1.82, 2.24) is 20.2 Å². The van der Waals surface area contributed by atoms with E-state index in [4.69, 9.17) is 4.52 Å². The first kappa shape index (κ1) is 12.5. The quantitative estimate of drug-likeness (QED) is 0.753. The minimum absolute atomic E-state index is 0.420. The third-order valence-electron chi connectivity index (χ3n) is 2.96. The molecule has 6 heteroatoms. The van der Waals surface area contributed by atoms with Crippen LogP contribution in [0.4, 0.5) is 0 Å². The summed E-state index contributed by atoms with van der Waals surface area (Å²) in [4.78, 5) is 10.9. The van der Waals surface area contributed by atoms with E-state index < -0.39 is 0 Å². The molecular formula is C12H16N4O2. The van der Waals surface area contributed by atoms with Crippen molar-refractivity contribution in [2.45, 2.75) is 40.2 Å². The molecule has 18 heavy (non-hydrogen) atoms. The lowest BCUT2D eigenvalue weighted by Gasteiger charge is -2.05. The molecule has 0 saturated carbocycles. The van der Waals surface area contributed by atoms with Crippen molar-refractivity contribution in [3.05, 3.63) is 28.4 Å². The van der Waals surface area contributed by atoms with Crippen molar-refractivity contribution in [3.8, 4) is 0 Å². The Bertz CT molecular complexity index is 537. The fourth-order valence-electron chi connectivity index (χ4n) is 1.94. The predicted molar refractivity (Wildman–Crippen MR) is 64.5 cm³/mol. The van der Waals surface area contributed by atoms with Crippen molar-refractivity contribution in [1.29, 1.82) is 0 Å². The largest absolute Gasteiger partial charge is 0.361 e. The lowest BCUT2D eigenvalue weighted by atomic mass is 10.2. The molecule has 0 fully saturated rings. The second kappa shape index (κ2) is 5.12. The third-order valence-corrected chi connectivity index (χ3v) is 2.96. The van der Waals surface area contributed by atoms with Crippen LogP contribution in [-0.2, 0) is 13.0 Å². The molecule has 0 spiro atoms. The molecule has 0 saturated heterocycles. The zero-order valence-electron chi connectivity index (χ0n) is 10.8. The predicted octanol–water partition coefficient (Wildman–Crippen LogP) is 1.70. The lowest BCUT2D eigenvalue weighted by Crippen LogP contribution is -2.08. The number of aromatic nitrogens is 4. The summed E-state index contributed by atoms with van der Waals surface area (Å²) in [6.45, 7) is 6.36. The van der Waals surface area contributed by atoms with E-state index >= 15 is 0 Å². The number of aryl methyl sites for hydroxylation is 2. The van der Waals surface area contributed by atoms with Crippen molar-refractivity contribution in [2.24, 2.45) is 0 Å². The first-order valence-electron chi connectivity index (χ1n) is 5.96. The van der Waals surface area contributed by atoms with Crippen molar-refractivity contribution < 1.29 is 9.32 Å². The van der Waals surface area contributed by atoms with Crippen LogP contribution in [0.3, 0.4) is 0 Å². The normalized spacial score (nSPS) is 10.8. The first-order chi connectivity index (χ1) is 8.67. The standard InChI is InChI=1S/C12H16N4O2/c1-4-5-12-11(7-17)13-15-16(12)6-10-8(2)14-18-9(10)3/h7H,4-6H2,1-3H3. The van der Waals surface area contributed by atoms with Gasteiger partial charge in [0.1, 0.15) is 11.5 Å². The molecule has 96 valence electrons. The van der Waals surface area contributed by atoms with Gasteiger partial charge in [-0.05, 0) is 20.3 Å². The van der Waals surface area contributed by atoms with Gasteiger partial charge in [0.05, 0.1) is 17.9 Å². The molecule has 0 aromatic carbocycles. The molecule has 0 bridgehead atoms. The molecule has 0 atom stereocenters. The van der Waals surface area contributed by atoms with Crippen LogP contribution in [0.1, 0.15) is 46.5 Å². The highest BCUT2D eigenvalue weighted by molar-refractivity contribution is 5.73. The van der Waals surface area contributed by atoms with Crippen LogP contribution < -0.4 is 0 Å². The number of rotatable bonds is 5. The number of carbonyl (C=O) groups excluding carboxylic acids is 1. The van der Waals surface area contributed by atoms with Gasteiger partial charge < -0.3 is 4.52 Å². The molecule has 2 aromatic rings. The van der Waals surface area contributed by atoms with E-state index in [-0.39, 0.29) is 0 Å². The third kappa shape index (κ3) is 2.18. The topological polar surface area (TPSA) is 73.8 Å². The summed E-state index contributed by atoms with van der Waals surface area (Å²) in [5, 5.41) is 11.8. The maximum Gasteiger partial charge on any atom is 0.172 e. The van der Waals surface area contributed by atoms with Gasteiger partial charge in [-0.2, -0.15) is 0 Å². The molecular weight excluding hydrogens is 232 g/mol. The summed E-state index contributed by atoms with van der Waals surface area (Å²) in [5.74, 6) is 0.776. The molecule has 0 aliphatic rings. The first-order valence-corrected chi connectivity index (χ1v) is 5.96. The molecule has 0 radical (unpaired) electrons. The highest BCUT2D eigenvalue weighted by Crippen LogP contribution is 2.16. The van der Waals surface area contributed by atoms with E-state index in [9.17, 15) is 4.79 Å². The van der Waals surface area contributed by atoms with Crippen molar-refractivity contribution >= 4 is 6.29 Å². The van der Waals surface area contributed by atoms with E-state index in [1.807, 2.05) is 13.8 Å². The number of hydrogen-bond donors (Lipinski definition) is 0. The Morgan fingerprint density at radius 3 is 2.72 bits per heavy atom. The van der Waals surface area contributed by atoms with Gasteiger partial charge in [0, 0.05) is 5.56 Å². The molecule has 0 amide bonds. The summed E-state index contributed by atoms with van der Waals surface area (Å²) in [6, 6.07) is 0. The van der Waals surface area contributed by atoms with Crippen LogP contribution in [0, 0.1) is 13.8 Å². The second-order valence-electron chi connectivity index (χ2n) is 4.25. The van der Waals surface area contributed by atoms with Crippen LogP contribution in [0.2, 0.25) is 0 Å². The van der Waals surface area contributed by atoms with Crippen molar-refractivity contribution in [2.75, 3.05) is 0 Å². The molecule has 2 rings (SSSR count). The molecule has 0 unspecified atom stereocenters. The average Bonchev–Trinajstić information content (AvgIpc) is 2.88. The maximum atomic E-state index is 10.9. The average molecular weight is 248 g/mol. The number of carbonyl (C=O) groups is 1. The SMILES string of the molecule is CCCc1c(C=O)nnn1Cc1c(C)noc1C. The smallest absolute Gasteiger partial charge is 0.172 e. The van der Waals surface area contributed by atoms with Crippen LogP contribution in [-0.4, -0.2) is 26.4 Å². The van der Waals surface area contributed by atoms with Gasteiger partial charge in [-0.15, -0.1) is 5.10 Å². The van der Waals surface area contributed by atoms with E-state index in [1.54, 1.807) is 4.68 Å². The van der Waals surface area contributed by atoms with Gasteiger partial charge in [-0.3, -0.25) is 4.79 Å². The molecule has 0 aliphatic carbocycles. The number of nitrogens with zero attached hydrogens (tertiary/aromatic N) is 4. The molecule has 2 aromatic heterocycles. The van der Waals surface area contributed by atoms with Gasteiger partial charge >= 0.3 is 0 Å². The summed E-state index contributed by atoms with van der Waals surface area (Å²) in [7, 11) is 0. The Labute approximate surface area is 105 Å². The van der Waals surface area contributed by atoms with E-state index in [1.165, 1.54) is 0 Å². The van der Waals surface area contributed by atoms with E-state index in [2.05, 4.69) is 22.4 Å². The van der Waals surface area contributed by atoms with E-state index in [0.29, 0.717) is 12.2 Å². The summed E-state index contributed by atoms with van der Waals surface area (Å²) in [6.07, 6.45) is 2.47. The van der Waals surface area contributed by atoms with Gasteiger partial charge in [0.25, 0.3) is 0 Å². The Hall–Kier alpha value is -1.98. The summed E-state index contributed by atoms with van der Waals surface area (Å²) < 4.78 is 6.87. The Morgan fingerprint density at radius 1 is 1.39 bits per heavy atom. The van der Waals surface area contributed by atoms with Crippen LogP contribution in [0.15, 0.2) is 4.52 Å². The zero-order chi connectivity index (χ0) is 13.1. The van der Waals surface area contributed by atoms with Crippen LogP contribution in [0.25, 0.3) is 0 Å². The van der Waals surface area contributed by atoms with E-state index in [0.717, 1.165) is 41.8 Å². The molecule has 0 N–H and O–H groups in total. The second-order valence-corrected chi connectivity index (χ2v) is 4.25. The van der Waals surface area contributed by atoms with Crippen molar-refractivity contribution in [3.63, 3.8) is 0 Å². The minimum Gasteiger partial charge on any atom is -0.361 e. The fourth-order valence-corrected chi connectivity index (χ4v) is 1.94. The van der Waals surface area contributed by atoms with Crippen LogP contribution >= 0.6 is 0 Å².